The van der Waals surface area contributed by atoms with Crippen molar-refractivity contribution in [3.05, 3.63) is 68.3 Å². The molecule has 2 nitrogen and oxygen atoms in total. The molecule has 19 heavy (non-hydrogen) atoms. The average molecular weight is 366 g/mol. The van der Waals surface area contributed by atoms with E-state index in [0.29, 0.717) is 0 Å². The zero-order chi connectivity index (χ0) is 13.8. The van der Waals surface area contributed by atoms with E-state index in [-0.39, 0.29) is 6.04 Å². The van der Waals surface area contributed by atoms with Crippen molar-refractivity contribution in [1.82, 2.24) is 5.43 Å². The lowest BCUT2D eigenvalue weighted by Gasteiger charge is -2.17. The number of halogens is 1. The van der Waals surface area contributed by atoms with Gasteiger partial charge in [-0.3, -0.25) is 11.3 Å². The summed E-state index contributed by atoms with van der Waals surface area (Å²) in [5.74, 6) is 5.71. The third-order valence-corrected chi connectivity index (χ3v) is 3.91. The fourth-order valence-electron chi connectivity index (χ4n) is 2.39. The Bertz CT molecular complexity index is 529. The van der Waals surface area contributed by atoms with Crippen LogP contribution in [0, 0.1) is 17.4 Å². The fourth-order valence-corrected chi connectivity index (χ4v) is 2.75. The number of hydrogen-bond donors (Lipinski definition) is 2. The lowest BCUT2D eigenvalue weighted by atomic mass is 9.97. The van der Waals surface area contributed by atoms with Gasteiger partial charge >= 0.3 is 0 Å². The second-order valence-electron chi connectivity index (χ2n) is 4.97. The molecule has 2 aromatic rings. The highest BCUT2D eigenvalue weighted by atomic mass is 127. The molecule has 0 amide bonds. The molecule has 0 radical (unpaired) electrons. The number of rotatable bonds is 4. The van der Waals surface area contributed by atoms with Crippen molar-refractivity contribution in [1.29, 1.82) is 0 Å². The van der Waals surface area contributed by atoms with Crippen molar-refractivity contribution in [2.75, 3.05) is 0 Å². The van der Waals surface area contributed by atoms with E-state index >= 15 is 0 Å². The van der Waals surface area contributed by atoms with Gasteiger partial charge in [-0.1, -0.05) is 41.5 Å². The molecule has 0 bridgehead atoms. The van der Waals surface area contributed by atoms with E-state index in [2.05, 4.69) is 84.3 Å². The summed E-state index contributed by atoms with van der Waals surface area (Å²) in [5, 5.41) is 0. The van der Waals surface area contributed by atoms with E-state index in [1.54, 1.807) is 0 Å². The Kier molecular flexibility index (Phi) is 4.96. The zero-order valence-corrected chi connectivity index (χ0v) is 13.4. The van der Waals surface area contributed by atoms with E-state index in [0.717, 1.165) is 6.42 Å². The Labute approximate surface area is 128 Å². The van der Waals surface area contributed by atoms with Crippen LogP contribution in [0.25, 0.3) is 0 Å². The maximum Gasteiger partial charge on any atom is 0.0500 e. The highest BCUT2D eigenvalue weighted by Crippen LogP contribution is 2.20. The van der Waals surface area contributed by atoms with Crippen molar-refractivity contribution < 1.29 is 0 Å². The molecule has 2 aromatic carbocycles. The van der Waals surface area contributed by atoms with E-state index in [4.69, 9.17) is 5.84 Å². The van der Waals surface area contributed by atoms with Crippen LogP contribution in [0.4, 0.5) is 0 Å². The van der Waals surface area contributed by atoms with Crippen LogP contribution in [0.5, 0.6) is 0 Å². The molecule has 0 aromatic heterocycles. The maximum absolute atomic E-state index is 5.71. The molecule has 0 aliphatic heterocycles. The summed E-state index contributed by atoms with van der Waals surface area (Å²) in [5.41, 5.74) is 8.06. The minimum atomic E-state index is 0.151. The van der Waals surface area contributed by atoms with Gasteiger partial charge in [0.25, 0.3) is 0 Å². The SMILES string of the molecule is Cc1cc(C)cc(CC(NN)c2ccc(I)cc2)c1. The van der Waals surface area contributed by atoms with Crippen LogP contribution >= 0.6 is 22.6 Å². The molecule has 0 spiro atoms. The number of hydrazine groups is 1. The third-order valence-electron chi connectivity index (χ3n) is 3.19. The molecule has 3 heteroatoms. The Hall–Kier alpha value is -0.910. The topological polar surface area (TPSA) is 38.0 Å². The first kappa shape index (κ1) is 14.5. The van der Waals surface area contributed by atoms with Gasteiger partial charge in [0.15, 0.2) is 0 Å². The largest absolute Gasteiger partial charge is 0.271 e. The van der Waals surface area contributed by atoms with Gasteiger partial charge < -0.3 is 0 Å². The van der Waals surface area contributed by atoms with Crippen LogP contribution in [-0.4, -0.2) is 0 Å². The lowest BCUT2D eigenvalue weighted by Crippen LogP contribution is -2.29. The van der Waals surface area contributed by atoms with Gasteiger partial charge in [0.05, 0.1) is 0 Å². The second-order valence-corrected chi connectivity index (χ2v) is 6.22. The summed E-state index contributed by atoms with van der Waals surface area (Å²) < 4.78 is 1.24. The summed E-state index contributed by atoms with van der Waals surface area (Å²) in [7, 11) is 0. The van der Waals surface area contributed by atoms with Gasteiger partial charge in [-0.2, -0.15) is 0 Å². The predicted octanol–water partition coefficient (Wildman–Crippen LogP) is 3.66. The van der Waals surface area contributed by atoms with E-state index in [1.165, 1.54) is 25.8 Å². The first-order valence-corrected chi connectivity index (χ1v) is 7.45. The smallest absolute Gasteiger partial charge is 0.0500 e. The van der Waals surface area contributed by atoms with Crippen LogP contribution in [0.3, 0.4) is 0 Å². The summed E-state index contributed by atoms with van der Waals surface area (Å²) in [6, 6.07) is 15.3. The van der Waals surface area contributed by atoms with Crippen molar-refractivity contribution in [3.8, 4) is 0 Å². The van der Waals surface area contributed by atoms with Gasteiger partial charge in [-0.05, 0) is 66.1 Å². The maximum atomic E-state index is 5.71. The summed E-state index contributed by atoms with van der Waals surface area (Å²) in [6.45, 7) is 4.26. The zero-order valence-electron chi connectivity index (χ0n) is 11.3. The van der Waals surface area contributed by atoms with Gasteiger partial charge in [0, 0.05) is 9.61 Å². The molecule has 1 unspecified atom stereocenters. The highest BCUT2D eigenvalue weighted by Gasteiger charge is 2.10. The Morgan fingerprint density at radius 1 is 1.05 bits per heavy atom. The minimum absolute atomic E-state index is 0.151. The molecular weight excluding hydrogens is 347 g/mol. The normalized spacial score (nSPS) is 12.4. The molecule has 0 fully saturated rings. The van der Waals surface area contributed by atoms with Crippen LogP contribution < -0.4 is 11.3 Å². The van der Waals surface area contributed by atoms with Gasteiger partial charge in [0.2, 0.25) is 0 Å². The molecule has 0 saturated carbocycles. The molecule has 0 saturated heterocycles. The molecule has 0 heterocycles. The monoisotopic (exact) mass is 366 g/mol. The number of benzene rings is 2. The van der Waals surface area contributed by atoms with Crippen molar-refractivity contribution in [2.24, 2.45) is 5.84 Å². The van der Waals surface area contributed by atoms with Crippen LogP contribution in [0.15, 0.2) is 42.5 Å². The van der Waals surface area contributed by atoms with E-state index < -0.39 is 0 Å². The Morgan fingerprint density at radius 2 is 1.63 bits per heavy atom. The van der Waals surface area contributed by atoms with Gasteiger partial charge in [-0.15, -0.1) is 0 Å². The molecule has 2 rings (SSSR count). The number of aryl methyl sites for hydroxylation is 2. The van der Waals surface area contributed by atoms with Crippen molar-refractivity contribution in [3.63, 3.8) is 0 Å². The van der Waals surface area contributed by atoms with Crippen molar-refractivity contribution >= 4 is 22.6 Å². The number of nitrogens with two attached hydrogens (primary N) is 1. The number of hydrogen-bond acceptors (Lipinski definition) is 2. The highest BCUT2D eigenvalue weighted by molar-refractivity contribution is 14.1. The standard InChI is InChI=1S/C16H19IN2/c1-11-7-12(2)9-13(8-11)10-16(19-18)14-3-5-15(17)6-4-14/h3-9,16,19H,10,18H2,1-2H3. The summed E-state index contributed by atoms with van der Waals surface area (Å²) >= 11 is 2.31. The Balaban J connectivity index is 2.21. The summed E-state index contributed by atoms with van der Waals surface area (Å²) in [6.07, 6.45) is 0.902. The number of nitrogens with one attached hydrogen (secondary N) is 1. The first-order valence-electron chi connectivity index (χ1n) is 6.37. The van der Waals surface area contributed by atoms with E-state index in [9.17, 15) is 0 Å². The predicted molar refractivity (Wildman–Crippen MR) is 88.8 cm³/mol. The fraction of sp³-hybridized carbons (Fsp3) is 0.250. The molecule has 0 aliphatic carbocycles. The quantitative estimate of drug-likeness (QED) is 0.493. The van der Waals surface area contributed by atoms with Gasteiger partial charge in [0.1, 0.15) is 0 Å². The van der Waals surface area contributed by atoms with Crippen LogP contribution in [0.1, 0.15) is 28.3 Å². The minimum Gasteiger partial charge on any atom is -0.271 e. The molecule has 100 valence electrons. The van der Waals surface area contributed by atoms with Crippen molar-refractivity contribution in [2.45, 2.75) is 26.3 Å². The summed E-state index contributed by atoms with van der Waals surface area (Å²) in [4.78, 5) is 0. The molecule has 3 N–H and O–H groups in total. The van der Waals surface area contributed by atoms with Crippen LogP contribution in [-0.2, 0) is 6.42 Å². The third kappa shape index (κ3) is 4.03. The average Bonchev–Trinajstić information content (AvgIpc) is 2.36. The molecular formula is C16H19IN2. The first-order chi connectivity index (χ1) is 9.08. The Morgan fingerprint density at radius 3 is 2.16 bits per heavy atom. The van der Waals surface area contributed by atoms with E-state index in [1.807, 2.05) is 0 Å². The molecule has 1 atom stereocenters. The van der Waals surface area contributed by atoms with Crippen LogP contribution in [0.2, 0.25) is 0 Å². The van der Waals surface area contributed by atoms with Gasteiger partial charge in [-0.25, -0.2) is 0 Å². The lowest BCUT2D eigenvalue weighted by molar-refractivity contribution is 0.551. The molecule has 0 aliphatic rings. The second kappa shape index (κ2) is 6.50.